The van der Waals surface area contributed by atoms with Gasteiger partial charge in [0.2, 0.25) is 11.8 Å². The summed E-state index contributed by atoms with van der Waals surface area (Å²) in [5, 5.41) is 0. The van der Waals surface area contributed by atoms with Crippen LogP contribution in [0.1, 0.15) is 41.3 Å². The zero-order valence-electron chi connectivity index (χ0n) is 17.4. The highest BCUT2D eigenvalue weighted by Gasteiger charge is 2.64. The second kappa shape index (κ2) is 7.17. The van der Waals surface area contributed by atoms with Crippen LogP contribution >= 0.6 is 0 Å². The summed E-state index contributed by atoms with van der Waals surface area (Å²) in [6.45, 7) is 4.82. The second-order valence-electron chi connectivity index (χ2n) is 8.71. The Kier molecular flexibility index (Phi) is 4.58. The van der Waals surface area contributed by atoms with Crippen molar-refractivity contribution < 1.29 is 14.4 Å². The molecular formula is C25H26N2O3. The maximum Gasteiger partial charge on any atom is 0.239 e. The van der Waals surface area contributed by atoms with Crippen LogP contribution in [0.15, 0.2) is 48.5 Å². The van der Waals surface area contributed by atoms with Gasteiger partial charge >= 0.3 is 0 Å². The minimum absolute atomic E-state index is 0.0224. The van der Waals surface area contributed by atoms with E-state index in [0.717, 1.165) is 36.9 Å². The number of Topliss-reactive ketones (excluding diaryl/α,β-unsaturated/α-hetero) is 1. The molecule has 0 aromatic heterocycles. The van der Waals surface area contributed by atoms with E-state index in [1.165, 1.54) is 4.90 Å². The number of rotatable bonds is 4. The molecule has 0 bridgehead atoms. The lowest BCUT2D eigenvalue weighted by molar-refractivity contribution is -0.123. The Labute approximate surface area is 176 Å². The van der Waals surface area contributed by atoms with Crippen molar-refractivity contribution in [2.45, 2.75) is 45.2 Å². The van der Waals surface area contributed by atoms with E-state index in [1.54, 1.807) is 0 Å². The summed E-state index contributed by atoms with van der Waals surface area (Å²) in [5.74, 6) is -1.44. The SMILES string of the molecule is CCc1ccc(N2C(=O)[C@@H]3[C@@H](C2=O)[C@@H]2CCCN2[C@@H]3C(=O)c2ccc(C)cc2)cc1. The third kappa shape index (κ3) is 2.76. The number of carbonyl (C=O) groups is 3. The normalized spacial score (nSPS) is 28.1. The van der Waals surface area contributed by atoms with Gasteiger partial charge in [-0.05, 0) is 50.4 Å². The molecule has 0 aliphatic carbocycles. The summed E-state index contributed by atoms with van der Waals surface area (Å²) in [5.41, 5.74) is 3.47. The lowest BCUT2D eigenvalue weighted by atomic mass is 9.85. The van der Waals surface area contributed by atoms with Gasteiger partial charge in [0.1, 0.15) is 0 Å². The van der Waals surface area contributed by atoms with E-state index in [2.05, 4.69) is 11.8 Å². The van der Waals surface area contributed by atoms with Crippen molar-refractivity contribution in [3.05, 3.63) is 65.2 Å². The molecule has 30 heavy (non-hydrogen) atoms. The quantitative estimate of drug-likeness (QED) is 0.581. The summed E-state index contributed by atoms with van der Waals surface area (Å²) in [4.78, 5) is 43.9. The first-order chi connectivity index (χ1) is 14.5. The summed E-state index contributed by atoms with van der Waals surface area (Å²) in [6, 6.07) is 14.5. The Morgan fingerprint density at radius 2 is 1.63 bits per heavy atom. The van der Waals surface area contributed by atoms with E-state index in [9.17, 15) is 14.4 Å². The third-order valence-electron chi connectivity index (χ3n) is 7.06. The number of nitrogens with zero attached hydrogens (tertiary/aromatic N) is 2. The zero-order valence-corrected chi connectivity index (χ0v) is 17.4. The maximum absolute atomic E-state index is 13.5. The summed E-state index contributed by atoms with van der Waals surface area (Å²) >= 11 is 0. The van der Waals surface area contributed by atoms with E-state index in [1.807, 2.05) is 55.5 Å². The number of ketones is 1. The van der Waals surface area contributed by atoms with E-state index < -0.39 is 17.9 Å². The monoisotopic (exact) mass is 402 g/mol. The van der Waals surface area contributed by atoms with Crippen LogP contribution < -0.4 is 4.90 Å². The van der Waals surface area contributed by atoms with E-state index in [4.69, 9.17) is 0 Å². The molecule has 3 aliphatic rings. The minimum atomic E-state index is -0.595. The third-order valence-corrected chi connectivity index (χ3v) is 7.06. The molecule has 5 rings (SSSR count). The fraction of sp³-hybridized carbons (Fsp3) is 0.400. The van der Waals surface area contributed by atoms with Gasteiger partial charge in [-0.1, -0.05) is 48.9 Å². The van der Waals surface area contributed by atoms with Crippen LogP contribution in [0.3, 0.4) is 0 Å². The van der Waals surface area contributed by atoms with Gasteiger partial charge in [0.05, 0.1) is 23.6 Å². The Bertz CT molecular complexity index is 1010. The summed E-state index contributed by atoms with van der Waals surface area (Å²) in [6.07, 6.45) is 2.72. The average molecular weight is 402 g/mol. The van der Waals surface area contributed by atoms with Crippen molar-refractivity contribution in [2.75, 3.05) is 11.4 Å². The molecule has 3 saturated heterocycles. The lowest BCUT2D eigenvalue weighted by Gasteiger charge is -2.27. The molecule has 3 fully saturated rings. The van der Waals surface area contributed by atoms with Crippen molar-refractivity contribution in [3.8, 4) is 0 Å². The first-order valence-electron chi connectivity index (χ1n) is 10.8. The molecule has 0 radical (unpaired) electrons. The standard InChI is InChI=1S/C25H26N2O3/c1-3-16-8-12-18(13-9-16)27-24(29)20-19-5-4-14-26(19)22(21(20)25(27)30)23(28)17-10-6-15(2)7-11-17/h6-13,19-22H,3-5,14H2,1-2H3/t19-,20-,21+,22-/m0/s1. The maximum atomic E-state index is 13.5. The van der Waals surface area contributed by atoms with Gasteiger partial charge in [-0.25, -0.2) is 4.90 Å². The van der Waals surface area contributed by atoms with Gasteiger partial charge < -0.3 is 0 Å². The molecule has 5 nitrogen and oxygen atoms in total. The van der Waals surface area contributed by atoms with Gasteiger partial charge in [0, 0.05) is 11.6 Å². The van der Waals surface area contributed by atoms with Crippen molar-refractivity contribution in [3.63, 3.8) is 0 Å². The minimum Gasteiger partial charge on any atom is -0.292 e. The molecule has 2 amide bonds. The first-order valence-corrected chi connectivity index (χ1v) is 10.8. The van der Waals surface area contributed by atoms with Crippen LogP contribution in [0.2, 0.25) is 0 Å². The van der Waals surface area contributed by atoms with Gasteiger partial charge in [-0.2, -0.15) is 0 Å². The molecular weight excluding hydrogens is 376 g/mol. The number of fused-ring (bicyclic) bond motifs is 3. The number of amides is 2. The Hall–Kier alpha value is -2.79. The summed E-state index contributed by atoms with van der Waals surface area (Å²) < 4.78 is 0. The molecule has 3 heterocycles. The number of benzene rings is 2. The number of anilines is 1. The highest BCUT2D eigenvalue weighted by atomic mass is 16.2. The molecule has 0 saturated carbocycles. The summed E-state index contributed by atoms with van der Waals surface area (Å²) in [7, 11) is 0. The van der Waals surface area contributed by atoms with Gasteiger partial charge in [-0.15, -0.1) is 0 Å². The molecule has 0 unspecified atom stereocenters. The average Bonchev–Trinajstić information content (AvgIpc) is 3.40. The van der Waals surface area contributed by atoms with Crippen LogP contribution in [0.4, 0.5) is 5.69 Å². The predicted molar refractivity (Wildman–Crippen MR) is 114 cm³/mol. The molecule has 2 aromatic carbocycles. The molecule has 2 aromatic rings. The fourth-order valence-electron chi connectivity index (χ4n) is 5.54. The number of hydrogen-bond donors (Lipinski definition) is 0. The van der Waals surface area contributed by atoms with Crippen molar-refractivity contribution in [1.29, 1.82) is 0 Å². The van der Waals surface area contributed by atoms with Crippen LogP contribution in [0, 0.1) is 18.8 Å². The molecule has 5 heteroatoms. The Morgan fingerprint density at radius 3 is 2.30 bits per heavy atom. The Balaban J connectivity index is 1.52. The number of aryl methyl sites for hydroxylation is 2. The van der Waals surface area contributed by atoms with E-state index in [0.29, 0.717) is 11.3 Å². The highest BCUT2D eigenvalue weighted by Crippen LogP contribution is 2.48. The number of carbonyl (C=O) groups excluding carboxylic acids is 3. The number of hydrogen-bond acceptors (Lipinski definition) is 4. The number of imide groups is 1. The van der Waals surface area contributed by atoms with Crippen molar-refractivity contribution >= 4 is 23.3 Å². The van der Waals surface area contributed by atoms with Crippen LogP contribution in [0.5, 0.6) is 0 Å². The Morgan fingerprint density at radius 1 is 0.967 bits per heavy atom. The van der Waals surface area contributed by atoms with Crippen molar-refractivity contribution in [2.24, 2.45) is 11.8 Å². The molecule has 3 aliphatic heterocycles. The topological polar surface area (TPSA) is 57.7 Å². The molecule has 4 atom stereocenters. The van der Waals surface area contributed by atoms with Crippen LogP contribution in [-0.2, 0) is 16.0 Å². The van der Waals surface area contributed by atoms with Gasteiger partial charge in [-0.3, -0.25) is 19.3 Å². The lowest BCUT2D eigenvalue weighted by Crippen LogP contribution is -2.46. The predicted octanol–water partition coefficient (Wildman–Crippen LogP) is 3.39. The largest absolute Gasteiger partial charge is 0.292 e. The van der Waals surface area contributed by atoms with Crippen LogP contribution in [0.25, 0.3) is 0 Å². The van der Waals surface area contributed by atoms with Gasteiger partial charge in [0.15, 0.2) is 5.78 Å². The second-order valence-corrected chi connectivity index (χ2v) is 8.71. The van der Waals surface area contributed by atoms with E-state index >= 15 is 0 Å². The van der Waals surface area contributed by atoms with Crippen LogP contribution in [-0.4, -0.2) is 41.1 Å². The van der Waals surface area contributed by atoms with Crippen molar-refractivity contribution in [1.82, 2.24) is 4.90 Å². The molecule has 0 spiro atoms. The highest BCUT2D eigenvalue weighted by molar-refractivity contribution is 6.24. The molecule has 154 valence electrons. The van der Waals surface area contributed by atoms with E-state index in [-0.39, 0.29) is 23.6 Å². The van der Waals surface area contributed by atoms with Gasteiger partial charge in [0.25, 0.3) is 0 Å². The smallest absolute Gasteiger partial charge is 0.239 e. The zero-order chi connectivity index (χ0) is 21.0. The fourth-order valence-corrected chi connectivity index (χ4v) is 5.54. The first kappa shape index (κ1) is 19.2. The molecule has 0 N–H and O–H groups in total.